The second-order valence-electron chi connectivity index (χ2n) is 5.54. The van der Waals surface area contributed by atoms with Crippen LogP contribution >= 0.6 is 27.3 Å². The Bertz CT molecular complexity index is 873. The smallest absolute Gasteiger partial charge is 0.308 e. The lowest BCUT2D eigenvalue weighted by Gasteiger charge is -2.03. The predicted molar refractivity (Wildman–Crippen MR) is 106 cm³/mol. The third-order valence-corrected chi connectivity index (χ3v) is 5.24. The molecule has 25 heavy (non-hydrogen) atoms. The van der Waals surface area contributed by atoms with E-state index in [-0.39, 0.29) is 6.42 Å². The van der Waals surface area contributed by atoms with E-state index in [2.05, 4.69) is 45.3 Å². The number of nitrogens with one attached hydrogen (secondary N) is 1. The summed E-state index contributed by atoms with van der Waals surface area (Å²) >= 11 is 4.79. The second kappa shape index (κ2) is 7.80. The molecule has 1 aromatic heterocycles. The first-order valence-corrected chi connectivity index (χ1v) is 9.49. The van der Waals surface area contributed by atoms with Crippen LogP contribution in [0.1, 0.15) is 17.4 Å². The van der Waals surface area contributed by atoms with E-state index < -0.39 is 5.97 Å². The minimum Gasteiger partial charge on any atom is -0.481 e. The molecule has 0 amide bonds. The van der Waals surface area contributed by atoms with Crippen molar-refractivity contribution in [3.63, 3.8) is 0 Å². The van der Waals surface area contributed by atoms with Crippen molar-refractivity contribution >= 4 is 44.1 Å². The van der Waals surface area contributed by atoms with Crippen molar-refractivity contribution in [3.8, 4) is 11.3 Å². The topological polar surface area (TPSA) is 62.2 Å². The number of aliphatic carboxylic acids is 1. The molecule has 128 valence electrons. The van der Waals surface area contributed by atoms with Gasteiger partial charge in [-0.1, -0.05) is 47.1 Å². The molecule has 0 atom stereocenters. The number of halogens is 1. The third-order valence-electron chi connectivity index (χ3n) is 3.74. The Morgan fingerprint density at radius 3 is 2.44 bits per heavy atom. The van der Waals surface area contributed by atoms with Gasteiger partial charge >= 0.3 is 5.97 Å². The number of benzene rings is 2. The van der Waals surface area contributed by atoms with Crippen LogP contribution < -0.4 is 5.32 Å². The SMILES string of the molecule is CCc1ccc(-c2nc(Nc3ccc(Br)cc3)sc2CC(=O)O)cc1. The van der Waals surface area contributed by atoms with Gasteiger partial charge in [0.2, 0.25) is 0 Å². The van der Waals surface area contributed by atoms with Gasteiger partial charge in [0.1, 0.15) is 0 Å². The average molecular weight is 417 g/mol. The van der Waals surface area contributed by atoms with Crippen molar-refractivity contribution in [1.82, 2.24) is 4.98 Å². The summed E-state index contributed by atoms with van der Waals surface area (Å²) in [6, 6.07) is 15.9. The van der Waals surface area contributed by atoms with Gasteiger partial charge in [-0.2, -0.15) is 0 Å². The number of thiazole rings is 1. The highest BCUT2D eigenvalue weighted by Gasteiger charge is 2.16. The summed E-state index contributed by atoms with van der Waals surface area (Å²) in [5.74, 6) is -0.856. The summed E-state index contributed by atoms with van der Waals surface area (Å²) in [6.07, 6.45) is 0.931. The minimum atomic E-state index is -0.856. The summed E-state index contributed by atoms with van der Waals surface area (Å²) in [4.78, 5) is 16.6. The normalized spacial score (nSPS) is 10.6. The molecule has 0 spiro atoms. The number of anilines is 2. The molecule has 0 bridgehead atoms. The van der Waals surface area contributed by atoms with E-state index in [1.807, 2.05) is 36.4 Å². The van der Waals surface area contributed by atoms with Crippen LogP contribution in [-0.2, 0) is 17.6 Å². The zero-order valence-electron chi connectivity index (χ0n) is 13.6. The van der Waals surface area contributed by atoms with Gasteiger partial charge in [0, 0.05) is 20.6 Å². The van der Waals surface area contributed by atoms with Crippen molar-refractivity contribution in [3.05, 3.63) is 63.4 Å². The molecule has 6 heteroatoms. The van der Waals surface area contributed by atoms with Gasteiger partial charge in [0.05, 0.1) is 12.1 Å². The van der Waals surface area contributed by atoms with Crippen LogP contribution in [0.2, 0.25) is 0 Å². The quantitative estimate of drug-likeness (QED) is 0.556. The lowest BCUT2D eigenvalue weighted by atomic mass is 10.1. The first-order chi connectivity index (χ1) is 12.0. The van der Waals surface area contributed by atoms with Crippen molar-refractivity contribution in [2.24, 2.45) is 0 Å². The van der Waals surface area contributed by atoms with Gasteiger partial charge in [-0.3, -0.25) is 4.79 Å². The van der Waals surface area contributed by atoms with Crippen LogP contribution in [0.15, 0.2) is 53.0 Å². The van der Waals surface area contributed by atoms with Gasteiger partial charge in [0.15, 0.2) is 5.13 Å². The monoisotopic (exact) mass is 416 g/mol. The number of aryl methyl sites for hydroxylation is 1. The summed E-state index contributed by atoms with van der Waals surface area (Å²) in [6.45, 7) is 2.11. The summed E-state index contributed by atoms with van der Waals surface area (Å²) in [7, 11) is 0. The molecule has 0 unspecified atom stereocenters. The van der Waals surface area contributed by atoms with E-state index in [0.29, 0.717) is 5.13 Å². The number of carboxylic acids is 1. The largest absolute Gasteiger partial charge is 0.481 e. The average Bonchev–Trinajstić information content (AvgIpc) is 2.98. The molecule has 2 N–H and O–H groups in total. The van der Waals surface area contributed by atoms with E-state index in [4.69, 9.17) is 0 Å². The zero-order valence-corrected chi connectivity index (χ0v) is 16.0. The predicted octanol–water partition coefficient (Wildman–Crippen LogP) is 5.51. The maximum atomic E-state index is 11.2. The highest BCUT2D eigenvalue weighted by atomic mass is 79.9. The maximum Gasteiger partial charge on any atom is 0.308 e. The standard InChI is InChI=1S/C19H17BrN2O2S/c1-2-12-3-5-13(6-4-12)18-16(11-17(23)24)25-19(22-18)21-15-9-7-14(20)8-10-15/h3-10H,2,11H2,1H3,(H,21,22)(H,23,24). The van der Waals surface area contributed by atoms with Crippen LogP contribution in [0.3, 0.4) is 0 Å². The molecule has 1 heterocycles. The Morgan fingerprint density at radius 1 is 1.16 bits per heavy atom. The molecule has 0 aliphatic carbocycles. The molecule has 2 aromatic carbocycles. The molecule has 4 nitrogen and oxygen atoms in total. The van der Waals surface area contributed by atoms with Crippen LogP contribution in [-0.4, -0.2) is 16.1 Å². The Kier molecular flexibility index (Phi) is 5.50. The van der Waals surface area contributed by atoms with E-state index >= 15 is 0 Å². The molecular formula is C19H17BrN2O2S. The number of rotatable bonds is 6. The van der Waals surface area contributed by atoms with Crippen molar-refractivity contribution in [2.75, 3.05) is 5.32 Å². The van der Waals surface area contributed by atoms with E-state index in [1.165, 1.54) is 16.9 Å². The Hall–Kier alpha value is -2.18. The number of hydrogen-bond donors (Lipinski definition) is 2. The minimum absolute atomic E-state index is 0.0372. The summed E-state index contributed by atoms with van der Waals surface area (Å²) < 4.78 is 1.00. The molecule has 0 saturated carbocycles. The first-order valence-electron chi connectivity index (χ1n) is 7.88. The van der Waals surface area contributed by atoms with Gasteiger partial charge in [-0.15, -0.1) is 11.3 Å². The van der Waals surface area contributed by atoms with Crippen molar-refractivity contribution in [1.29, 1.82) is 0 Å². The first kappa shape index (κ1) is 17.6. The number of carboxylic acid groups (broad SMARTS) is 1. The maximum absolute atomic E-state index is 11.2. The molecule has 0 aliphatic rings. The molecule has 3 rings (SSSR count). The Morgan fingerprint density at radius 2 is 1.84 bits per heavy atom. The van der Waals surface area contributed by atoms with Crippen LogP contribution in [0.25, 0.3) is 11.3 Å². The molecular weight excluding hydrogens is 400 g/mol. The van der Waals surface area contributed by atoms with E-state index in [0.717, 1.165) is 32.7 Å². The fourth-order valence-electron chi connectivity index (χ4n) is 2.44. The fourth-order valence-corrected chi connectivity index (χ4v) is 3.70. The molecule has 0 saturated heterocycles. The Labute approximate surface area is 158 Å². The lowest BCUT2D eigenvalue weighted by Crippen LogP contribution is -1.99. The summed E-state index contributed by atoms with van der Waals surface area (Å²) in [5.41, 5.74) is 3.82. The highest BCUT2D eigenvalue weighted by molar-refractivity contribution is 9.10. The van der Waals surface area contributed by atoms with Crippen LogP contribution in [0.5, 0.6) is 0 Å². The molecule has 0 aliphatic heterocycles. The van der Waals surface area contributed by atoms with Crippen LogP contribution in [0, 0.1) is 0 Å². The second-order valence-corrected chi connectivity index (χ2v) is 7.54. The third kappa shape index (κ3) is 4.46. The zero-order chi connectivity index (χ0) is 17.8. The Balaban J connectivity index is 1.93. The highest BCUT2D eigenvalue weighted by Crippen LogP contribution is 2.33. The number of carbonyl (C=O) groups is 1. The number of aromatic nitrogens is 1. The fraction of sp³-hybridized carbons (Fsp3) is 0.158. The van der Waals surface area contributed by atoms with Crippen molar-refractivity contribution < 1.29 is 9.90 Å². The van der Waals surface area contributed by atoms with Gasteiger partial charge < -0.3 is 10.4 Å². The number of nitrogens with zero attached hydrogens (tertiary/aromatic N) is 1. The number of hydrogen-bond acceptors (Lipinski definition) is 4. The van der Waals surface area contributed by atoms with E-state index in [1.54, 1.807) is 0 Å². The van der Waals surface area contributed by atoms with Gasteiger partial charge in [-0.25, -0.2) is 4.98 Å². The van der Waals surface area contributed by atoms with Crippen molar-refractivity contribution in [2.45, 2.75) is 19.8 Å². The molecule has 0 radical (unpaired) electrons. The summed E-state index contributed by atoms with van der Waals surface area (Å²) in [5, 5.41) is 13.1. The van der Waals surface area contributed by atoms with Gasteiger partial charge in [-0.05, 0) is 36.2 Å². The van der Waals surface area contributed by atoms with E-state index in [9.17, 15) is 9.90 Å². The molecule has 0 fully saturated rings. The van der Waals surface area contributed by atoms with Crippen LogP contribution in [0.4, 0.5) is 10.8 Å². The molecule has 3 aromatic rings. The van der Waals surface area contributed by atoms with Gasteiger partial charge in [0.25, 0.3) is 0 Å². The lowest BCUT2D eigenvalue weighted by molar-refractivity contribution is -0.136.